The second kappa shape index (κ2) is 3.59. The number of H-pyrrole nitrogens is 1. The predicted octanol–water partition coefficient (Wildman–Crippen LogP) is 0.605. The molecule has 19 heavy (non-hydrogen) atoms. The second-order valence-electron chi connectivity index (χ2n) is 6.19. The summed E-state index contributed by atoms with van der Waals surface area (Å²) in [6.07, 6.45) is 4.41. The number of aliphatic hydroxyl groups is 1. The first-order valence-corrected chi connectivity index (χ1v) is 8.31. The first kappa shape index (κ1) is 11.9. The van der Waals surface area contributed by atoms with Gasteiger partial charge in [-0.3, -0.25) is 5.10 Å². The van der Waals surface area contributed by atoms with Crippen LogP contribution in [-0.4, -0.2) is 39.8 Å². The van der Waals surface area contributed by atoms with E-state index in [4.69, 9.17) is 0 Å². The minimum atomic E-state index is -3.38. The van der Waals surface area contributed by atoms with Crippen LogP contribution < -0.4 is 0 Å². The van der Waals surface area contributed by atoms with Gasteiger partial charge >= 0.3 is 0 Å². The third kappa shape index (κ3) is 1.49. The van der Waals surface area contributed by atoms with Crippen LogP contribution in [0.1, 0.15) is 37.6 Å². The highest BCUT2D eigenvalue weighted by molar-refractivity contribution is 7.89. The molecule has 2 aliphatic carbocycles. The summed E-state index contributed by atoms with van der Waals surface area (Å²) in [6.45, 7) is 0. The highest BCUT2D eigenvalue weighted by atomic mass is 32.2. The van der Waals surface area contributed by atoms with Gasteiger partial charge in [-0.15, -0.1) is 0 Å². The minimum Gasteiger partial charge on any atom is -0.371 e. The summed E-state index contributed by atoms with van der Waals surface area (Å²) in [5.41, 5.74) is 0.341. The van der Waals surface area contributed by atoms with Gasteiger partial charge in [-0.25, -0.2) is 8.42 Å². The molecular formula is C12H17N3O3S. The number of rotatable bonds is 2. The van der Waals surface area contributed by atoms with Crippen molar-refractivity contribution in [2.45, 2.75) is 38.0 Å². The van der Waals surface area contributed by atoms with E-state index in [1.54, 1.807) is 6.07 Å². The molecule has 2 heterocycles. The first-order valence-electron chi connectivity index (χ1n) is 6.70. The Kier molecular flexibility index (Phi) is 2.24. The number of sulfonamides is 1. The van der Waals surface area contributed by atoms with Crippen LogP contribution in [0.25, 0.3) is 0 Å². The van der Waals surface area contributed by atoms with E-state index >= 15 is 0 Å². The Morgan fingerprint density at radius 1 is 1.58 bits per heavy atom. The molecule has 0 amide bonds. The Morgan fingerprint density at radius 2 is 2.42 bits per heavy atom. The molecule has 0 aromatic carbocycles. The molecule has 1 spiro atoms. The van der Waals surface area contributed by atoms with Gasteiger partial charge in [-0.2, -0.15) is 9.40 Å². The fourth-order valence-corrected chi connectivity index (χ4v) is 6.89. The molecule has 1 aromatic heterocycles. The lowest BCUT2D eigenvalue weighted by atomic mass is 9.81. The van der Waals surface area contributed by atoms with E-state index in [9.17, 15) is 13.5 Å². The lowest BCUT2D eigenvalue weighted by Gasteiger charge is -2.32. The van der Waals surface area contributed by atoms with Gasteiger partial charge in [-0.1, -0.05) is 0 Å². The monoisotopic (exact) mass is 283 g/mol. The maximum Gasteiger partial charge on any atom is 0.217 e. The number of aromatic nitrogens is 2. The van der Waals surface area contributed by atoms with Crippen molar-refractivity contribution >= 4 is 10.0 Å². The molecule has 4 rings (SSSR count). The predicted molar refractivity (Wildman–Crippen MR) is 67.4 cm³/mol. The average Bonchev–Trinajstić information content (AvgIpc) is 3.04. The number of nitrogens with zero attached hydrogens (tertiary/aromatic N) is 2. The fourth-order valence-electron chi connectivity index (χ4n) is 4.44. The zero-order valence-electron chi connectivity index (χ0n) is 10.5. The third-order valence-corrected chi connectivity index (χ3v) is 7.19. The molecule has 104 valence electrons. The average molecular weight is 283 g/mol. The van der Waals surface area contributed by atoms with Crippen molar-refractivity contribution in [3.05, 3.63) is 18.0 Å². The van der Waals surface area contributed by atoms with E-state index < -0.39 is 16.3 Å². The van der Waals surface area contributed by atoms with Crippen molar-refractivity contribution in [1.82, 2.24) is 14.5 Å². The number of fused-ring (bicyclic) bond motifs is 1. The summed E-state index contributed by atoms with van der Waals surface area (Å²) in [6, 6.07) is 1.59. The number of hydrogen-bond donors (Lipinski definition) is 2. The molecule has 0 radical (unpaired) electrons. The molecule has 1 aliphatic heterocycles. The van der Waals surface area contributed by atoms with Gasteiger partial charge in [0.05, 0.1) is 11.4 Å². The van der Waals surface area contributed by atoms with E-state index in [2.05, 4.69) is 10.2 Å². The van der Waals surface area contributed by atoms with E-state index in [0.717, 1.165) is 25.7 Å². The highest BCUT2D eigenvalue weighted by Crippen LogP contribution is 2.61. The van der Waals surface area contributed by atoms with Crippen LogP contribution in [0.15, 0.2) is 12.3 Å². The summed E-state index contributed by atoms with van der Waals surface area (Å²) in [7, 11) is -3.38. The van der Waals surface area contributed by atoms with Crippen LogP contribution in [0, 0.1) is 11.3 Å². The molecule has 1 saturated heterocycles. The van der Waals surface area contributed by atoms with Crippen molar-refractivity contribution in [3.8, 4) is 0 Å². The molecule has 6 nitrogen and oxygen atoms in total. The van der Waals surface area contributed by atoms with Crippen LogP contribution in [0.4, 0.5) is 0 Å². The largest absolute Gasteiger partial charge is 0.371 e. The smallest absolute Gasteiger partial charge is 0.217 e. The zero-order chi connectivity index (χ0) is 13.3. The minimum absolute atomic E-state index is 0.0328. The van der Waals surface area contributed by atoms with E-state index in [-0.39, 0.29) is 17.2 Å². The highest BCUT2D eigenvalue weighted by Gasteiger charge is 2.64. The topological polar surface area (TPSA) is 86.3 Å². The van der Waals surface area contributed by atoms with Gasteiger partial charge in [0, 0.05) is 17.7 Å². The summed E-state index contributed by atoms with van der Waals surface area (Å²) in [5, 5.41) is 16.8. The van der Waals surface area contributed by atoms with E-state index in [1.807, 2.05) is 0 Å². The molecule has 4 unspecified atom stereocenters. The molecule has 3 fully saturated rings. The number of aliphatic hydroxyl groups excluding tert-OH is 1. The maximum atomic E-state index is 12.4. The van der Waals surface area contributed by atoms with Crippen LogP contribution in [0.3, 0.4) is 0 Å². The lowest BCUT2D eigenvalue weighted by molar-refractivity contribution is 0.0149. The number of aromatic amines is 1. The van der Waals surface area contributed by atoms with Crippen LogP contribution in [0.5, 0.6) is 0 Å². The Labute approximate surface area is 111 Å². The van der Waals surface area contributed by atoms with Crippen molar-refractivity contribution in [3.63, 3.8) is 0 Å². The Balaban J connectivity index is 1.75. The van der Waals surface area contributed by atoms with Gasteiger partial charge in [0.15, 0.2) is 6.23 Å². The number of nitrogens with one attached hydrogen (secondary N) is 1. The van der Waals surface area contributed by atoms with Crippen molar-refractivity contribution in [1.29, 1.82) is 0 Å². The molecule has 3 aliphatic rings. The van der Waals surface area contributed by atoms with Crippen molar-refractivity contribution in [2.24, 2.45) is 11.3 Å². The number of hydrogen-bond acceptors (Lipinski definition) is 4. The standard InChI is InChI=1S/C12H17N3O3S/c16-11(9-2-4-13-14-9)15-10-5-8-1-3-12(10,6-8)7-19(15,17)18/h2,4,8,10-11,16H,1,3,5-7H2,(H,13,14). The second-order valence-corrected chi connectivity index (χ2v) is 8.07. The Bertz CT molecular complexity index is 600. The van der Waals surface area contributed by atoms with Crippen LogP contribution in [-0.2, 0) is 10.0 Å². The quantitative estimate of drug-likeness (QED) is 0.832. The van der Waals surface area contributed by atoms with Gasteiger partial charge in [-0.05, 0) is 37.7 Å². The lowest BCUT2D eigenvalue weighted by Crippen LogP contribution is -2.40. The SMILES string of the molecule is O=S1(=O)CC23CCC(CC2N1C(O)c1ccn[nH]1)C3. The Morgan fingerprint density at radius 3 is 3.11 bits per heavy atom. The van der Waals surface area contributed by atoms with Gasteiger partial charge in [0.25, 0.3) is 0 Å². The third-order valence-electron chi connectivity index (χ3n) is 5.15. The van der Waals surface area contributed by atoms with E-state index in [0.29, 0.717) is 11.6 Å². The maximum absolute atomic E-state index is 12.4. The van der Waals surface area contributed by atoms with Crippen molar-refractivity contribution < 1.29 is 13.5 Å². The van der Waals surface area contributed by atoms with Crippen LogP contribution in [0.2, 0.25) is 0 Å². The molecule has 7 heteroatoms. The summed E-state index contributed by atoms with van der Waals surface area (Å²) >= 11 is 0. The summed E-state index contributed by atoms with van der Waals surface area (Å²) in [5.74, 6) is 0.837. The fraction of sp³-hybridized carbons (Fsp3) is 0.750. The van der Waals surface area contributed by atoms with E-state index in [1.165, 1.54) is 10.5 Å². The zero-order valence-corrected chi connectivity index (χ0v) is 11.3. The molecule has 1 aromatic rings. The summed E-state index contributed by atoms with van der Waals surface area (Å²) in [4.78, 5) is 0. The first-order chi connectivity index (χ1) is 9.02. The van der Waals surface area contributed by atoms with Crippen molar-refractivity contribution in [2.75, 3.05) is 5.75 Å². The molecular weight excluding hydrogens is 266 g/mol. The van der Waals surface area contributed by atoms with Gasteiger partial charge in [0.1, 0.15) is 0 Å². The molecule has 2 bridgehead atoms. The summed E-state index contributed by atoms with van der Waals surface area (Å²) < 4.78 is 26.2. The van der Waals surface area contributed by atoms with Gasteiger partial charge in [0.2, 0.25) is 10.0 Å². The molecule has 2 N–H and O–H groups in total. The normalized spacial score (nSPS) is 41.5. The Hall–Kier alpha value is -0.920. The molecule has 2 saturated carbocycles. The molecule has 4 atom stereocenters. The van der Waals surface area contributed by atoms with Gasteiger partial charge < -0.3 is 5.11 Å². The van der Waals surface area contributed by atoms with Crippen LogP contribution >= 0.6 is 0 Å².